The molecule has 0 bridgehead atoms. The highest BCUT2D eigenvalue weighted by Crippen LogP contribution is 2.21. The first-order valence-electron chi connectivity index (χ1n) is 6.29. The SMILES string of the molecule is CCN(Cc1ccccn1)C(=O)c1cc(S)ccc1Cl. The Morgan fingerprint density at radius 3 is 2.80 bits per heavy atom. The molecule has 0 aliphatic rings. The Morgan fingerprint density at radius 1 is 1.35 bits per heavy atom. The summed E-state index contributed by atoms with van der Waals surface area (Å²) in [6.45, 7) is 2.98. The van der Waals surface area contributed by atoms with E-state index in [4.69, 9.17) is 11.6 Å². The first-order chi connectivity index (χ1) is 9.61. The number of benzene rings is 1. The average molecular weight is 307 g/mol. The Kier molecular flexibility index (Phi) is 5.04. The summed E-state index contributed by atoms with van der Waals surface area (Å²) < 4.78 is 0. The highest BCUT2D eigenvalue weighted by molar-refractivity contribution is 7.80. The number of thiol groups is 1. The highest BCUT2D eigenvalue weighted by Gasteiger charge is 2.18. The van der Waals surface area contributed by atoms with E-state index in [2.05, 4.69) is 17.6 Å². The van der Waals surface area contributed by atoms with E-state index in [0.29, 0.717) is 28.6 Å². The lowest BCUT2D eigenvalue weighted by molar-refractivity contribution is 0.0750. The number of aromatic nitrogens is 1. The van der Waals surface area contributed by atoms with Gasteiger partial charge < -0.3 is 4.90 Å². The Morgan fingerprint density at radius 2 is 2.15 bits per heavy atom. The van der Waals surface area contributed by atoms with Gasteiger partial charge in [-0.2, -0.15) is 0 Å². The molecule has 0 saturated heterocycles. The molecule has 0 unspecified atom stereocenters. The zero-order valence-electron chi connectivity index (χ0n) is 11.1. The summed E-state index contributed by atoms with van der Waals surface area (Å²) >= 11 is 10.3. The summed E-state index contributed by atoms with van der Waals surface area (Å²) in [5.41, 5.74) is 1.32. The van der Waals surface area contributed by atoms with Gasteiger partial charge in [-0.05, 0) is 37.3 Å². The van der Waals surface area contributed by atoms with Crippen molar-refractivity contribution < 1.29 is 4.79 Å². The average Bonchev–Trinajstić information content (AvgIpc) is 2.47. The summed E-state index contributed by atoms with van der Waals surface area (Å²) in [7, 11) is 0. The summed E-state index contributed by atoms with van der Waals surface area (Å²) in [5, 5.41) is 0.437. The Labute approximate surface area is 129 Å². The van der Waals surface area contributed by atoms with Crippen LogP contribution in [0.1, 0.15) is 23.0 Å². The minimum atomic E-state index is -0.112. The molecular formula is C15H15ClN2OS. The summed E-state index contributed by atoms with van der Waals surface area (Å²) in [6.07, 6.45) is 1.72. The molecule has 0 aliphatic heterocycles. The van der Waals surface area contributed by atoms with Crippen molar-refractivity contribution in [2.75, 3.05) is 6.54 Å². The van der Waals surface area contributed by atoms with Crippen LogP contribution in [0.15, 0.2) is 47.5 Å². The molecular weight excluding hydrogens is 292 g/mol. The van der Waals surface area contributed by atoms with E-state index in [1.165, 1.54) is 0 Å². The normalized spacial score (nSPS) is 10.3. The molecule has 20 heavy (non-hydrogen) atoms. The van der Waals surface area contributed by atoms with Gasteiger partial charge in [-0.15, -0.1) is 12.6 Å². The molecule has 5 heteroatoms. The number of hydrogen-bond donors (Lipinski definition) is 1. The van der Waals surface area contributed by atoms with Crippen molar-refractivity contribution in [1.29, 1.82) is 0 Å². The van der Waals surface area contributed by atoms with E-state index >= 15 is 0 Å². The van der Waals surface area contributed by atoms with Gasteiger partial charge in [-0.3, -0.25) is 9.78 Å². The van der Waals surface area contributed by atoms with E-state index in [-0.39, 0.29) is 5.91 Å². The maximum Gasteiger partial charge on any atom is 0.255 e. The van der Waals surface area contributed by atoms with Crippen molar-refractivity contribution >= 4 is 30.1 Å². The third kappa shape index (κ3) is 3.52. The van der Waals surface area contributed by atoms with E-state index in [9.17, 15) is 4.79 Å². The number of nitrogens with zero attached hydrogens (tertiary/aromatic N) is 2. The lowest BCUT2D eigenvalue weighted by Crippen LogP contribution is -2.30. The molecule has 3 nitrogen and oxygen atoms in total. The van der Waals surface area contributed by atoms with Crippen LogP contribution in [0.4, 0.5) is 0 Å². The van der Waals surface area contributed by atoms with Crippen molar-refractivity contribution in [2.45, 2.75) is 18.4 Å². The van der Waals surface area contributed by atoms with Crippen LogP contribution in [-0.4, -0.2) is 22.3 Å². The molecule has 1 amide bonds. The molecule has 0 saturated carbocycles. The molecule has 0 N–H and O–H groups in total. The smallest absolute Gasteiger partial charge is 0.255 e. The van der Waals surface area contributed by atoms with Crippen LogP contribution in [0, 0.1) is 0 Å². The fourth-order valence-electron chi connectivity index (χ4n) is 1.86. The molecule has 0 radical (unpaired) electrons. The van der Waals surface area contributed by atoms with Gasteiger partial charge in [0.25, 0.3) is 5.91 Å². The van der Waals surface area contributed by atoms with Crippen LogP contribution in [0.25, 0.3) is 0 Å². The summed E-state index contributed by atoms with van der Waals surface area (Å²) in [5.74, 6) is -0.112. The molecule has 104 valence electrons. The number of carbonyl (C=O) groups is 1. The number of hydrogen-bond acceptors (Lipinski definition) is 3. The predicted octanol–water partition coefficient (Wildman–Crippen LogP) is 3.69. The van der Waals surface area contributed by atoms with E-state index in [1.54, 1.807) is 29.3 Å². The van der Waals surface area contributed by atoms with E-state index < -0.39 is 0 Å². The number of pyridine rings is 1. The van der Waals surface area contributed by atoms with Gasteiger partial charge in [0, 0.05) is 17.6 Å². The van der Waals surface area contributed by atoms with Gasteiger partial charge in [0.2, 0.25) is 0 Å². The Hall–Kier alpha value is -1.52. The van der Waals surface area contributed by atoms with Crippen LogP contribution in [0.5, 0.6) is 0 Å². The van der Waals surface area contributed by atoms with Gasteiger partial charge in [0.05, 0.1) is 22.8 Å². The number of rotatable bonds is 4. The quantitative estimate of drug-likeness (QED) is 0.874. The number of halogens is 1. The third-order valence-corrected chi connectivity index (χ3v) is 3.54. The minimum Gasteiger partial charge on any atom is -0.333 e. The molecule has 0 aliphatic carbocycles. The lowest BCUT2D eigenvalue weighted by Gasteiger charge is -2.21. The molecule has 2 aromatic rings. The fraction of sp³-hybridized carbons (Fsp3) is 0.200. The van der Waals surface area contributed by atoms with Crippen molar-refractivity contribution in [3.63, 3.8) is 0 Å². The molecule has 0 atom stereocenters. The van der Waals surface area contributed by atoms with Crippen LogP contribution >= 0.6 is 24.2 Å². The van der Waals surface area contributed by atoms with Crippen LogP contribution < -0.4 is 0 Å². The number of amides is 1. The lowest BCUT2D eigenvalue weighted by atomic mass is 10.2. The third-order valence-electron chi connectivity index (χ3n) is 2.93. The standard InChI is InChI=1S/C15H15ClN2OS/c1-2-18(10-11-5-3-4-8-17-11)15(19)13-9-12(20)6-7-14(13)16/h3-9,20H,2,10H2,1H3. The largest absolute Gasteiger partial charge is 0.333 e. The fourth-order valence-corrected chi connectivity index (χ4v) is 2.26. The van der Waals surface area contributed by atoms with Crippen LogP contribution in [0.3, 0.4) is 0 Å². The monoisotopic (exact) mass is 306 g/mol. The molecule has 1 aromatic heterocycles. The topological polar surface area (TPSA) is 33.2 Å². The van der Waals surface area contributed by atoms with Gasteiger partial charge in [0.1, 0.15) is 0 Å². The zero-order valence-corrected chi connectivity index (χ0v) is 12.7. The second kappa shape index (κ2) is 6.77. The van der Waals surface area contributed by atoms with Gasteiger partial charge in [-0.25, -0.2) is 0 Å². The molecule has 1 heterocycles. The first kappa shape index (κ1) is 14.9. The number of carbonyl (C=O) groups excluding carboxylic acids is 1. The maximum absolute atomic E-state index is 12.5. The van der Waals surface area contributed by atoms with Crippen LogP contribution in [-0.2, 0) is 6.54 Å². The minimum absolute atomic E-state index is 0.112. The Bertz CT molecular complexity index is 604. The van der Waals surface area contributed by atoms with Gasteiger partial charge in [-0.1, -0.05) is 17.7 Å². The van der Waals surface area contributed by atoms with Crippen molar-refractivity contribution in [2.24, 2.45) is 0 Å². The van der Waals surface area contributed by atoms with E-state index in [1.807, 2.05) is 25.1 Å². The highest BCUT2D eigenvalue weighted by atomic mass is 35.5. The summed E-state index contributed by atoms with van der Waals surface area (Å²) in [6, 6.07) is 10.8. The Balaban J connectivity index is 2.23. The van der Waals surface area contributed by atoms with Crippen LogP contribution in [0.2, 0.25) is 5.02 Å². The molecule has 0 fully saturated rings. The first-order valence-corrected chi connectivity index (χ1v) is 7.12. The van der Waals surface area contributed by atoms with Crippen molar-refractivity contribution in [3.05, 3.63) is 58.9 Å². The van der Waals surface area contributed by atoms with Gasteiger partial charge >= 0.3 is 0 Å². The molecule has 0 spiro atoms. The predicted molar refractivity (Wildman–Crippen MR) is 83.4 cm³/mol. The maximum atomic E-state index is 12.5. The van der Waals surface area contributed by atoms with Crippen molar-refractivity contribution in [3.8, 4) is 0 Å². The summed E-state index contributed by atoms with van der Waals surface area (Å²) in [4.78, 5) is 19.2. The second-order valence-electron chi connectivity index (χ2n) is 4.30. The zero-order chi connectivity index (χ0) is 14.5. The molecule has 1 aromatic carbocycles. The second-order valence-corrected chi connectivity index (χ2v) is 5.23. The van der Waals surface area contributed by atoms with Gasteiger partial charge in [0.15, 0.2) is 0 Å². The van der Waals surface area contributed by atoms with E-state index in [0.717, 1.165) is 5.69 Å². The van der Waals surface area contributed by atoms with Crippen molar-refractivity contribution in [1.82, 2.24) is 9.88 Å². The molecule has 2 rings (SSSR count).